The molecule has 2 fully saturated rings. The first-order valence-electron chi connectivity index (χ1n) is 9.55. The Hall–Kier alpha value is -1.83. The molecule has 9 heteroatoms. The van der Waals surface area contributed by atoms with Crippen molar-refractivity contribution < 1.29 is 4.79 Å². The average molecular weight is 424 g/mol. The smallest absolute Gasteiger partial charge is 0.324 e. The molecule has 0 atom stereocenters. The minimum absolute atomic E-state index is 0.0160. The summed E-state index contributed by atoms with van der Waals surface area (Å²) in [5.41, 5.74) is 0.508. The van der Waals surface area contributed by atoms with E-state index < -0.39 is 0 Å². The minimum Gasteiger partial charge on any atom is -0.324 e. The first kappa shape index (κ1) is 19.5. The van der Waals surface area contributed by atoms with Gasteiger partial charge in [0, 0.05) is 19.0 Å². The van der Waals surface area contributed by atoms with Crippen molar-refractivity contribution in [2.75, 3.05) is 25.0 Å². The van der Waals surface area contributed by atoms with E-state index in [0.717, 1.165) is 44.6 Å². The quantitative estimate of drug-likeness (QED) is 0.801. The van der Waals surface area contributed by atoms with Crippen molar-refractivity contribution >= 4 is 34.8 Å². The second kappa shape index (κ2) is 7.89. The highest BCUT2D eigenvalue weighted by Crippen LogP contribution is 2.37. The van der Waals surface area contributed by atoms with Gasteiger partial charge in [0.15, 0.2) is 0 Å². The molecule has 7 nitrogen and oxygen atoms in total. The zero-order valence-corrected chi connectivity index (χ0v) is 17.2. The van der Waals surface area contributed by atoms with Crippen molar-refractivity contribution in [2.24, 2.45) is 7.05 Å². The van der Waals surface area contributed by atoms with Crippen LogP contribution in [-0.4, -0.2) is 44.8 Å². The summed E-state index contributed by atoms with van der Waals surface area (Å²) in [4.78, 5) is 26.8. The Morgan fingerprint density at radius 2 is 1.93 bits per heavy atom. The normalized spacial score (nSPS) is 18.4. The van der Waals surface area contributed by atoms with Gasteiger partial charge in [-0.1, -0.05) is 29.3 Å². The van der Waals surface area contributed by atoms with Gasteiger partial charge in [-0.25, -0.2) is 9.48 Å². The Kier molecular flexibility index (Phi) is 5.49. The highest BCUT2D eigenvalue weighted by molar-refractivity contribution is 6.43. The van der Waals surface area contributed by atoms with E-state index in [2.05, 4.69) is 15.3 Å². The van der Waals surface area contributed by atoms with Gasteiger partial charge in [-0.15, -0.1) is 0 Å². The van der Waals surface area contributed by atoms with Crippen LogP contribution < -0.4 is 11.0 Å². The summed E-state index contributed by atoms with van der Waals surface area (Å²) < 4.78 is 3.33. The second-order valence-electron chi connectivity index (χ2n) is 7.57. The zero-order valence-electron chi connectivity index (χ0n) is 15.7. The molecule has 2 aliphatic rings. The molecule has 2 aromatic rings. The van der Waals surface area contributed by atoms with Gasteiger partial charge in [-0.05, 0) is 50.9 Å². The molecule has 1 aromatic heterocycles. The molecule has 1 N–H and O–H groups in total. The van der Waals surface area contributed by atoms with E-state index in [-0.39, 0.29) is 17.5 Å². The summed E-state index contributed by atoms with van der Waals surface area (Å²) >= 11 is 12.1. The fourth-order valence-electron chi connectivity index (χ4n) is 3.80. The van der Waals surface area contributed by atoms with Gasteiger partial charge in [-0.2, -0.15) is 5.10 Å². The number of carbonyl (C=O) groups is 1. The van der Waals surface area contributed by atoms with Crippen LogP contribution in [0.25, 0.3) is 0 Å². The summed E-state index contributed by atoms with van der Waals surface area (Å²) in [5, 5.41) is 8.09. The number of likely N-dealkylation sites (tertiary alicyclic amines) is 1. The number of nitrogens with one attached hydrogen (secondary N) is 1. The van der Waals surface area contributed by atoms with Crippen molar-refractivity contribution in [1.29, 1.82) is 0 Å². The van der Waals surface area contributed by atoms with Crippen molar-refractivity contribution in [3.8, 4) is 0 Å². The lowest BCUT2D eigenvalue weighted by atomic mass is 9.96. The lowest BCUT2D eigenvalue weighted by Crippen LogP contribution is -2.39. The third kappa shape index (κ3) is 3.97. The molecule has 1 aliphatic heterocycles. The first-order chi connectivity index (χ1) is 13.4. The van der Waals surface area contributed by atoms with Crippen molar-refractivity contribution in [2.45, 2.75) is 37.6 Å². The minimum atomic E-state index is -0.115. The van der Waals surface area contributed by atoms with Gasteiger partial charge in [0.25, 0.3) is 0 Å². The summed E-state index contributed by atoms with van der Waals surface area (Å²) in [7, 11) is 1.71. The lowest BCUT2D eigenvalue weighted by Gasteiger charge is -2.31. The maximum atomic E-state index is 12.4. The Morgan fingerprint density at radius 1 is 1.21 bits per heavy atom. The number of amides is 1. The molecule has 2 heterocycles. The molecule has 0 radical (unpaired) electrons. The molecule has 28 heavy (non-hydrogen) atoms. The molecule has 150 valence electrons. The largest absolute Gasteiger partial charge is 0.345 e. The van der Waals surface area contributed by atoms with Crippen molar-refractivity contribution in [3.63, 3.8) is 0 Å². The Balaban J connectivity index is 1.35. The van der Waals surface area contributed by atoms with Crippen molar-refractivity contribution in [1.82, 2.24) is 19.2 Å². The predicted molar refractivity (Wildman–Crippen MR) is 109 cm³/mol. The number of hydrogen-bond acceptors (Lipinski definition) is 4. The Bertz CT molecular complexity index is 942. The fraction of sp³-hybridized carbons (Fsp3) is 0.526. The fourth-order valence-corrected chi connectivity index (χ4v) is 4.14. The van der Waals surface area contributed by atoms with Crippen LogP contribution in [0.3, 0.4) is 0 Å². The van der Waals surface area contributed by atoms with E-state index in [1.807, 2.05) is 4.57 Å². The number of rotatable bonds is 5. The SMILES string of the molecule is Cn1nc(C2CCN(CC(=O)Nc3cccc(Cl)c3Cl)CC2)n(C2CC2)c1=O. The van der Waals surface area contributed by atoms with Crippen LogP contribution in [0.4, 0.5) is 5.69 Å². The van der Waals surface area contributed by atoms with Gasteiger partial charge < -0.3 is 5.32 Å². The maximum Gasteiger partial charge on any atom is 0.345 e. The van der Waals surface area contributed by atoms with Crippen LogP contribution in [0.1, 0.15) is 43.5 Å². The van der Waals surface area contributed by atoms with Gasteiger partial charge >= 0.3 is 5.69 Å². The van der Waals surface area contributed by atoms with E-state index >= 15 is 0 Å². The van der Waals surface area contributed by atoms with Crippen LogP contribution in [0.15, 0.2) is 23.0 Å². The summed E-state index contributed by atoms with van der Waals surface area (Å²) in [5.74, 6) is 1.05. The van der Waals surface area contributed by atoms with Crippen LogP contribution >= 0.6 is 23.2 Å². The molecule has 1 aliphatic carbocycles. The Labute approximate surface area is 173 Å². The Morgan fingerprint density at radius 3 is 2.61 bits per heavy atom. The number of aromatic nitrogens is 3. The molecule has 1 saturated heterocycles. The van der Waals surface area contributed by atoms with E-state index in [4.69, 9.17) is 23.2 Å². The molecular formula is C19H23Cl2N5O2. The third-order valence-corrected chi connectivity index (χ3v) is 6.26. The average Bonchev–Trinajstić information content (AvgIpc) is 3.46. The van der Waals surface area contributed by atoms with Gasteiger partial charge in [0.05, 0.1) is 22.3 Å². The number of anilines is 1. The molecule has 4 rings (SSSR count). The van der Waals surface area contributed by atoms with Crippen LogP contribution in [-0.2, 0) is 11.8 Å². The van der Waals surface area contributed by atoms with Crippen molar-refractivity contribution in [3.05, 3.63) is 44.6 Å². The molecule has 0 unspecified atom stereocenters. The zero-order chi connectivity index (χ0) is 19.8. The van der Waals surface area contributed by atoms with Crippen LogP contribution in [0.5, 0.6) is 0 Å². The van der Waals surface area contributed by atoms with E-state index in [0.29, 0.717) is 28.3 Å². The van der Waals surface area contributed by atoms with Gasteiger partial charge in [0.1, 0.15) is 5.82 Å². The van der Waals surface area contributed by atoms with Crippen LogP contribution in [0, 0.1) is 0 Å². The third-order valence-electron chi connectivity index (χ3n) is 5.44. The van der Waals surface area contributed by atoms with E-state index in [1.165, 1.54) is 4.68 Å². The maximum absolute atomic E-state index is 12.4. The standard InChI is InChI=1S/C19H23Cl2N5O2/c1-24-19(28)26(13-5-6-13)18(23-24)12-7-9-25(10-8-12)11-16(27)22-15-4-2-3-14(20)17(15)21/h2-4,12-13H,5-11H2,1H3,(H,22,27). The monoisotopic (exact) mass is 423 g/mol. The highest BCUT2D eigenvalue weighted by atomic mass is 35.5. The molecule has 1 amide bonds. The summed E-state index contributed by atoms with van der Waals surface area (Å²) in [6.07, 6.45) is 3.89. The molecule has 0 spiro atoms. The number of halogens is 2. The number of nitrogens with zero attached hydrogens (tertiary/aromatic N) is 4. The summed E-state index contributed by atoms with van der Waals surface area (Å²) in [6.45, 7) is 1.88. The van der Waals surface area contributed by atoms with E-state index in [9.17, 15) is 9.59 Å². The molecular weight excluding hydrogens is 401 g/mol. The number of carbonyl (C=O) groups excluding carboxylic acids is 1. The van der Waals surface area contributed by atoms with Gasteiger partial charge in [-0.3, -0.25) is 14.3 Å². The second-order valence-corrected chi connectivity index (χ2v) is 8.35. The summed E-state index contributed by atoms with van der Waals surface area (Å²) in [6, 6.07) is 5.49. The lowest BCUT2D eigenvalue weighted by molar-refractivity contribution is -0.117. The highest BCUT2D eigenvalue weighted by Gasteiger charge is 2.33. The number of hydrogen-bond donors (Lipinski definition) is 1. The number of piperidine rings is 1. The van der Waals surface area contributed by atoms with E-state index in [1.54, 1.807) is 25.2 Å². The molecule has 1 saturated carbocycles. The topological polar surface area (TPSA) is 72.2 Å². The first-order valence-corrected chi connectivity index (χ1v) is 10.3. The van der Waals surface area contributed by atoms with Crippen LogP contribution in [0.2, 0.25) is 10.0 Å². The molecule has 1 aromatic carbocycles. The number of aryl methyl sites for hydroxylation is 1. The van der Waals surface area contributed by atoms with Gasteiger partial charge in [0.2, 0.25) is 5.91 Å². The number of benzene rings is 1. The predicted octanol–water partition coefficient (Wildman–Crippen LogP) is 3.04. The molecule has 0 bridgehead atoms.